The predicted molar refractivity (Wildman–Crippen MR) is 109 cm³/mol. The second-order valence-electron chi connectivity index (χ2n) is 6.70. The fraction of sp³-hybridized carbons (Fsp3) is 0.0870. The molecule has 7 heteroatoms. The zero-order valence-electron chi connectivity index (χ0n) is 16.0. The van der Waals surface area contributed by atoms with Crippen molar-refractivity contribution in [1.29, 1.82) is 0 Å². The number of aryl methyl sites for hydroxylation is 1. The van der Waals surface area contributed by atoms with E-state index >= 15 is 0 Å². The molecule has 0 aliphatic rings. The maximum absolute atomic E-state index is 13.6. The van der Waals surface area contributed by atoms with Crippen LogP contribution < -0.4 is 0 Å². The van der Waals surface area contributed by atoms with Gasteiger partial charge in [0.1, 0.15) is 0 Å². The number of benzene rings is 3. The lowest BCUT2D eigenvalue weighted by Gasteiger charge is -2.14. The van der Waals surface area contributed by atoms with Gasteiger partial charge in [0.25, 0.3) is 0 Å². The lowest BCUT2D eigenvalue weighted by atomic mass is 10.0. The van der Waals surface area contributed by atoms with Crippen molar-refractivity contribution in [3.63, 3.8) is 0 Å². The summed E-state index contributed by atoms with van der Waals surface area (Å²) in [6.07, 6.45) is -3.08. The number of alkyl halides is 3. The zero-order chi connectivity index (χ0) is 21.1. The Kier molecular flexibility index (Phi) is 5.18. The second-order valence-corrected chi connectivity index (χ2v) is 6.70. The number of hydrogen-bond acceptors (Lipinski definition) is 3. The summed E-state index contributed by atoms with van der Waals surface area (Å²) in [5.74, 6) is 0. The quantitative estimate of drug-likeness (QED) is 0.404. The molecular formula is C23H17F3N4. The monoisotopic (exact) mass is 406 g/mol. The summed E-state index contributed by atoms with van der Waals surface area (Å²) in [6, 6.07) is 22.8. The summed E-state index contributed by atoms with van der Waals surface area (Å²) in [4.78, 5) is 4.70. The average molecular weight is 406 g/mol. The molecule has 0 aliphatic carbocycles. The molecule has 0 saturated heterocycles. The molecule has 150 valence electrons. The maximum atomic E-state index is 13.6. The highest BCUT2D eigenvalue weighted by atomic mass is 19.4. The van der Waals surface area contributed by atoms with E-state index in [1.807, 2.05) is 60.7 Å². The number of nitrogens with zero attached hydrogens (tertiary/aromatic N) is 4. The van der Waals surface area contributed by atoms with Crippen LogP contribution in [0, 0.1) is 6.92 Å². The first-order valence-corrected chi connectivity index (χ1v) is 9.22. The number of rotatable bonds is 4. The van der Waals surface area contributed by atoms with Gasteiger partial charge in [0.15, 0.2) is 0 Å². The van der Waals surface area contributed by atoms with E-state index in [0.717, 1.165) is 21.9 Å². The van der Waals surface area contributed by atoms with Crippen molar-refractivity contribution in [3.05, 3.63) is 107 Å². The van der Waals surface area contributed by atoms with Crippen LogP contribution in [0.2, 0.25) is 0 Å². The Morgan fingerprint density at radius 2 is 1.47 bits per heavy atom. The van der Waals surface area contributed by atoms with Gasteiger partial charge >= 0.3 is 6.18 Å². The average Bonchev–Trinajstić information content (AvgIpc) is 3.19. The molecular weight excluding hydrogens is 389 g/mol. The normalized spacial score (nSPS) is 11.3. The minimum absolute atomic E-state index is 0.121. The number of aliphatic imine (C=N–C) groups is 1. The first-order valence-electron chi connectivity index (χ1n) is 9.22. The molecule has 3 aromatic carbocycles. The second kappa shape index (κ2) is 7.94. The highest BCUT2D eigenvalue weighted by molar-refractivity contribution is 6.13. The van der Waals surface area contributed by atoms with Gasteiger partial charge in [-0.1, -0.05) is 65.9 Å². The first-order chi connectivity index (χ1) is 14.4. The molecule has 0 aliphatic heterocycles. The summed E-state index contributed by atoms with van der Waals surface area (Å²) in [7, 11) is 0. The third kappa shape index (κ3) is 4.15. The minimum atomic E-state index is -4.53. The summed E-state index contributed by atoms with van der Waals surface area (Å²) in [5, 5.41) is 7.63. The smallest absolute Gasteiger partial charge is 0.248 e. The van der Waals surface area contributed by atoms with Gasteiger partial charge in [0.05, 0.1) is 34.5 Å². The molecule has 0 unspecified atom stereocenters. The minimum Gasteiger partial charge on any atom is -0.248 e. The molecule has 0 spiro atoms. The number of aromatic nitrogens is 3. The van der Waals surface area contributed by atoms with Gasteiger partial charge in [-0.05, 0) is 25.1 Å². The zero-order valence-corrected chi connectivity index (χ0v) is 16.0. The molecule has 4 nitrogen and oxygen atoms in total. The fourth-order valence-corrected chi connectivity index (χ4v) is 3.10. The largest absolute Gasteiger partial charge is 0.418 e. The van der Waals surface area contributed by atoms with E-state index in [2.05, 4.69) is 10.3 Å². The van der Waals surface area contributed by atoms with E-state index in [1.54, 1.807) is 6.92 Å². The van der Waals surface area contributed by atoms with Crippen LogP contribution >= 0.6 is 0 Å². The molecule has 1 heterocycles. The standard InChI is InChI=1S/C23H17F3N4/c1-16-15-30(29-28-16)21-14-19(12-13-20(21)23(24,25)26)27-22(17-8-4-2-5-9-17)18-10-6-3-7-11-18/h2-15H,1H3. The Morgan fingerprint density at radius 3 is 1.97 bits per heavy atom. The van der Waals surface area contributed by atoms with Gasteiger partial charge in [-0.3, -0.25) is 0 Å². The molecule has 0 atom stereocenters. The SMILES string of the molecule is Cc1cn(-c2cc(N=C(c3ccccc3)c3ccccc3)ccc2C(F)(F)F)nn1. The molecule has 0 bridgehead atoms. The lowest BCUT2D eigenvalue weighted by Crippen LogP contribution is -2.11. The van der Waals surface area contributed by atoms with Gasteiger partial charge in [-0.15, -0.1) is 5.10 Å². The fourth-order valence-electron chi connectivity index (χ4n) is 3.10. The Hall–Kier alpha value is -3.74. The van der Waals surface area contributed by atoms with Gasteiger partial charge in [0, 0.05) is 11.1 Å². The number of hydrogen-bond donors (Lipinski definition) is 0. The third-order valence-electron chi connectivity index (χ3n) is 4.48. The van der Waals surface area contributed by atoms with Crippen LogP contribution in [0.5, 0.6) is 0 Å². The first kappa shape index (κ1) is 19.6. The number of halogens is 3. The van der Waals surface area contributed by atoms with Crippen LogP contribution in [0.3, 0.4) is 0 Å². The maximum Gasteiger partial charge on any atom is 0.418 e. The van der Waals surface area contributed by atoms with Crippen LogP contribution in [0.1, 0.15) is 22.4 Å². The summed E-state index contributed by atoms with van der Waals surface area (Å²) >= 11 is 0. The topological polar surface area (TPSA) is 43.1 Å². The lowest BCUT2D eigenvalue weighted by molar-refractivity contribution is -0.137. The Labute approximate surface area is 171 Å². The van der Waals surface area contributed by atoms with E-state index in [1.165, 1.54) is 18.3 Å². The Morgan fingerprint density at radius 1 is 0.867 bits per heavy atom. The van der Waals surface area contributed by atoms with E-state index in [9.17, 15) is 13.2 Å². The van der Waals surface area contributed by atoms with Crippen LogP contribution in [0.15, 0.2) is 90.1 Å². The molecule has 0 saturated carbocycles. The molecule has 1 aromatic heterocycles. The van der Waals surface area contributed by atoms with Gasteiger partial charge < -0.3 is 0 Å². The third-order valence-corrected chi connectivity index (χ3v) is 4.48. The van der Waals surface area contributed by atoms with Gasteiger partial charge in [0.2, 0.25) is 0 Å². The molecule has 4 rings (SSSR count). The van der Waals surface area contributed by atoms with Crippen molar-refractivity contribution in [1.82, 2.24) is 15.0 Å². The van der Waals surface area contributed by atoms with Crippen molar-refractivity contribution >= 4 is 11.4 Å². The highest BCUT2D eigenvalue weighted by Gasteiger charge is 2.34. The van der Waals surface area contributed by atoms with Crippen molar-refractivity contribution in [2.75, 3.05) is 0 Å². The van der Waals surface area contributed by atoms with Crippen molar-refractivity contribution in [2.24, 2.45) is 4.99 Å². The summed E-state index contributed by atoms with van der Waals surface area (Å²) in [6.45, 7) is 1.67. The van der Waals surface area contributed by atoms with Gasteiger partial charge in [-0.25, -0.2) is 9.67 Å². The van der Waals surface area contributed by atoms with Crippen molar-refractivity contribution < 1.29 is 13.2 Å². The Balaban J connectivity index is 1.89. The van der Waals surface area contributed by atoms with E-state index in [0.29, 0.717) is 17.1 Å². The molecule has 4 aromatic rings. The molecule has 0 N–H and O–H groups in total. The Bertz CT molecular complexity index is 1140. The van der Waals surface area contributed by atoms with Crippen molar-refractivity contribution in [3.8, 4) is 5.69 Å². The van der Waals surface area contributed by atoms with Crippen LogP contribution in [-0.2, 0) is 6.18 Å². The molecule has 30 heavy (non-hydrogen) atoms. The predicted octanol–water partition coefficient (Wildman–Crippen LogP) is 5.76. The summed E-state index contributed by atoms with van der Waals surface area (Å²) in [5.41, 5.74) is 2.37. The molecule has 0 fully saturated rings. The van der Waals surface area contributed by atoms with Crippen LogP contribution in [-0.4, -0.2) is 20.7 Å². The van der Waals surface area contributed by atoms with Crippen LogP contribution in [0.4, 0.5) is 18.9 Å². The van der Waals surface area contributed by atoms with E-state index in [-0.39, 0.29) is 5.69 Å². The van der Waals surface area contributed by atoms with Gasteiger partial charge in [-0.2, -0.15) is 13.2 Å². The highest BCUT2D eigenvalue weighted by Crippen LogP contribution is 2.36. The molecule has 0 amide bonds. The van der Waals surface area contributed by atoms with E-state index in [4.69, 9.17) is 4.99 Å². The summed E-state index contributed by atoms with van der Waals surface area (Å²) < 4.78 is 41.8. The molecule has 0 radical (unpaired) electrons. The van der Waals surface area contributed by atoms with Crippen molar-refractivity contribution in [2.45, 2.75) is 13.1 Å². The van der Waals surface area contributed by atoms with E-state index < -0.39 is 11.7 Å². The van der Waals surface area contributed by atoms with Crippen LogP contribution in [0.25, 0.3) is 5.69 Å².